The smallest absolute Gasteiger partial charge is 0.247 e. The number of hydrogen-bond acceptors (Lipinski definition) is 3. The van der Waals surface area contributed by atoms with E-state index < -0.39 is 0 Å². The Morgan fingerprint density at radius 1 is 1.09 bits per heavy atom. The van der Waals surface area contributed by atoms with E-state index >= 15 is 0 Å². The van der Waals surface area contributed by atoms with E-state index in [1.807, 2.05) is 48.2 Å². The maximum Gasteiger partial charge on any atom is 0.247 e. The second-order valence-electron chi connectivity index (χ2n) is 8.45. The average molecular weight is 459 g/mol. The molecule has 1 aliphatic rings. The van der Waals surface area contributed by atoms with Crippen LogP contribution in [-0.4, -0.2) is 41.2 Å². The van der Waals surface area contributed by atoms with Crippen molar-refractivity contribution in [3.05, 3.63) is 99.3 Å². The van der Waals surface area contributed by atoms with Gasteiger partial charge < -0.3 is 9.80 Å². The molecule has 1 atom stereocenters. The lowest BCUT2D eigenvalue weighted by atomic mass is 9.92. The van der Waals surface area contributed by atoms with Crippen molar-refractivity contribution in [3.8, 4) is 0 Å². The molecule has 2 aromatic carbocycles. The summed E-state index contributed by atoms with van der Waals surface area (Å²) in [6.07, 6.45) is 5.04. The van der Waals surface area contributed by atoms with Gasteiger partial charge in [-0.3, -0.25) is 9.59 Å². The lowest BCUT2D eigenvalue weighted by molar-refractivity contribution is -0.139. The third kappa shape index (κ3) is 5.42. The Morgan fingerprint density at radius 2 is 1.85 bits per heavy atom. The summed E-state index contributed by atoms with van der Waals surface area (Å²) >= 11 is 1.76. The molecule has 0 radical (unpaired) electrons. The molecule has 0 saturated carbocycles. The van der Waals surface area contributed by atoms with Crippen LogP contribution in [-0.2, 0) is 16.0 Å². The number of benzene rings is 2. The van der Waals surface area contributed by atoms with Crippen molar-refractivity contribution >= 4 is 29.2 Å². The molecule has 2 amide bonds. The Balaban J connectivity index is 1.54. The predicted molar refractivity (Wildman–Crippen MR) is 135 cm³/mol. The number of aryl methyl sites for hydroxylation is 1. The SMILES string of the molecule is CCCN(CC(=O)N1CCc2sccc2C1c1ccc(C)cc1)C(=O)C=Cc1ccccc1. The van der Waals surface area contributed by atoms with Crippen molar-refractivity contribution in [3.63, 3.8) is 0 Å². The van der Waals surface area contributed by atoms with E-state index in [4.69, 9.17) is 0 Å². The van der Waals surface area contributed by atoms with E-state index in [9.17, 15) is 9.59 Å². The Kier molecular flexibility index (Phi) is 7.40. The van der Waals surface area contributed by atoms with Gasteiger partial charge in [0, 0.05) is 24.0 Å². The fraction of sp³-hybridized carbons (Fsp3) is 0.286. The molecule has 170 valence electrons. The molecular weight excluding hydrogens is 428 g/mol. The number of carbonyl (C=O) groups is 2. The first kappa shape index (κ1) is 23.0. The molecule has 3 aromatic rings. The highest BCUT2D eigenvalue weighted by Crippen LogP contribution is 2.38. The van der Waals surface area contributed by atoms with Gasteiger partial charge in [-0.25, -0.2) is 0 Å². The molecule has 5 heteroatoms. The molecule has 33 heavy (non-hydrogen) atoms. The van der Waals surface area contributed by atoms with Gasteiger partial charge in [-0.2, -0.15) is 0 Å². The summed E-state index contributed by atoms with van der Waals surface area (Å²) in [4.78, 5) is 31.5. The summed E-state index contributed by atoms with van der Waals surface area (Å²) in [5.41, 5.74) is 4.49. The minimum absolute atomic E-state index is 0.00710. The maximum absolute atomic E-state index is 13.6. The summed E-state index contributed by atoms with van der Waals surface area (Å²) in [5, 5.41) is 2.11. The Bertz CT molecular complexity index is 1120. The van der Waals surface area contributed by atoms with Crippen molar-refractivity contribution in [1.29, 1.82) is 0 Å². The molecule has 0 N–H and O–H groups in total. The lowest BCUT2D eigenvalue weighted by Gasteiger charge is -2.37. The van der Waals surface area contributed by atoms with E-state index in [1.54, 1.807) is 22.3 Å². The molecule has 1 unspecified atom stereocenters. The molecule has 0 spiro atoms. The van der Waals surface area contributed by atoms with Crippen LogP contribution in [0.25, 0.3) is 6.08 Å². The van der Waals surface area contributed by atoms with E-state index in [1.165, 1.54) is 16.0 Å². The zero-order valence-electron chi connectivity index (χ0n) is 19.2. The standard InChI is InChI=1S/C28H30N2O2S/c1-3-17-29(26(31)14-11-22-7-5-4-6-8-22)20-27(32)30-18-15-25-24(16-19-33-25)28(30)23-12-9-21(2)10-13-23/h4-14,16,19,28H,3,15,17-18,20H2,1-2H3. The number of fused-ring (bicyclic) bond motifs is 1. The average Bonchev–Trinajstić information content (AvgIpc) is 3.32. The van der Waals surface area contributed by atoms with Crippen LogP contribution in [0, 0.1) is 6.92 Å². The van der Waals surface area contributed by atoms with Gasteiger partial charge in [0.05, 0.1) is 6.04 Å². The predicted octanol–water partition coefficient (Wildman–Crippen LogP) is 5.48. The van der Waals surface area contributed by atoms with Crippen LogP contribution in [0.1, 0.15) is 46.5 Å². The minimum atomic E-state index is -0.130. The van der Waals surface area contributed by atoms with Crippen molar-refractivity contribution in [2.24, 2.45) is 0 Å². The fourth-order valence-corrected chi connectivity index (χ4v) is 5.23. The zero-order valence-corrected chi connectivity index (χ0v) is 20.1. The van der Waals surface area contributed by atoms with E-state index in [0.717, 1.165) is 24.0 Å². The van der Waals surface area contributed by atoms with Gasteiger partial charge in [-0.1, -0.05) is 67.1 Å². The van der Waals surface area contributed by atoms with Crippen LogP contribution in [0.2, 0.25) is 0 Å². The first-order valence-electron chi connectivity index (χ1n) is 11.5. The zero-order chi connectivity index (χ0) is 23.2. The normalized spacial score (nSPS) is 15.5. The van der Waals surface area contributed by atoms with Crippen molar-refractivity contribution < 1.29 is 9.59 Å². The Labute approximate surface area is 200 Å². The van der Waals surface area contributed by atoms with E-state index in [2.05, 4.69) is 42.6 Å². The monoisotopic (exact) mass is 458 g/mol. The molecular formula is C28H30N2O2S. The van der Waals surface area contributed by atoms with Crippen LogP contribution < -0.4 is 0 Å². The van der Waals surface area contributed by atoms with Crippen molar-refractivity contribution in [1.82, 2.24) is 9.80 Å². The summed E-state index contributed by atoms with van der Waals surface area (Å²) < 4.78 is 0. The third-order valence-electron chi connectivity index (χ3n) is 6.03. The van der Waals surface area contributed by atoms with Gasteiger partial charge in [0.1, 0.15) is 6.54 Å². The van der Waals surface area contributed by atoms with Gasteiger partial charge in [-0.15, -0.1) is 11.3 Å². The molecule has 1 aliphatic heterocycles. The summed E-state index contributed by atoms with van der Waals surface area (Å²) in [6, 6.07) is 20.2. The third-order valence-corrected chi connectivity index (χ3v) is 7.03. The fourth-order valence-electron chi connectivity index (χ4n) is 4.32. The second kappa shape index (κ2) is 10.6. The quantitative estimate of drug-likeness (QED) is 0.440. The molecule has 0 aliphatic carbocycles. The maximum atomic E-state index is 13.6. The van der Waals surface area contributed by atoms with Crippen LogP contribution >= 0.6 is 11.3 Å². The van der Waals surface area contributed by atoms with Gasteiger partial charge in [0.2, 0.25) is 11.8 Å². The number of thiophene rings is 1. The lowest BCUT2D eigenvalue weighted by Crippen LogP contribution is -2.46. The van der Waals surface area contributed by atoms with Crippen molar-refractivity contribution in [2.45, 2.75) is 32.7 Å². The number of rotatable bonds is 7. The topological polar surface area (TPSA) is 40.6 Å². The summed E-state index contributed by atoms with van der Waals surface area (Å²) in [5.74, 6) is -0.137. The first-order chi connectivity index (χ1) is 16.1. The van der Waals surface area contributed by atoms with Gasteiger partial charge in [0.15, 0.2) is 0 Å². The highest BCUT2D eigenvalue weighted by molar-refractivity contribution is 7.10. The van der Waals surface area contributed by atoms with Crippen molar-refractivity contribution in [2.75, 3.05) is 19.6 Å². The van der Waals surface area contributed by atoms with Crippen LogP contribution in [0.5, 0.6) is 0 Å². The second-order valence-corrected chi connectivity index (χ2v) is 9.45. The number of nitrogens with zero attached hydrogens (tertiary/aromatic N) is 2. The van der Waals surface area contributed by atoms with Gasteiger partial charge in [-0.05, 0) is 54.0 Å². The molecule has 4 nitrogen and oxygen atoms in total. The molecule has 0 bridgehead atoms. The van der Waals surface area contributed by atoms with Crippen LogP contribution in [0.4, 0.5) is 0 Å². The first-order valence-corrected chi connectivity index (χ1v) is 12.4. The highest BCUT2D eigenvalue weighted by atomic mass is 32.1. The van der Waals surface area contributed by atoms with E-state index in [0.29, 0.717) is 13.1 Å². The summed E-state index contributed by atoms with van der Waals surface area (Å²) in [6.45, 7) is 5.41. The molecule has 4 rings (SSSR count). The number of amides is 2. The van der Waals surface area contributed by atoms with E-state index in [-0.39, 0.29) is 24.4 Å². The molecule has 2 heterocycles. The molecule has 0 saturated heterocycles. The highest BCUT2D eigenvalue weighted by Gasteiger charge is 2.33. The van der Waals surface area contributed by atoms with Crippen LogP contribution in [0.3, 0.4) is 0 Å². The minimum Gasteiger partial charge on any atom is -0.330 e. The molecule has 0 fully saturated rings. The summed E-state index contributed by atoms with van der Waals surface area (Å²) in [7, 11) is 0. The molecule has 1 aromatic heterocycles. The Hall–Kier alpha value is -3.18. The Morgan fingerprint density at radius 3 is 2.58 bits per heavy atom. The number of hydrogen-bond donors (Lipinski definition) is 0. The van der Waals surface area contributed by atoms with Gasteiger partial charge in [0.25, 0.3) is 0 Å². The number of carbonyl (C=O) groups excluding carboxylic acids is 2. The largest absolute Gasteiger partial charge is 0.330 e. The van der Waals surface area contributed by atoms with Gasteiger partial charge >= 0.3 is 0 Å². The van der Waals surface area contributed by atoms with Crippen LogP contribution in [0.15, 0.2) is 72.1 Å².